The highest BCUT2D eigenvalue weighted by Gasteiger charge is 2.32. The molecule has 1 aliphatic heterocycles. The minimum Gasteiger partial charge on any atom is -0.497 e. The molecular weight excluding hydrogens is 554 g/mol. The van der Waals surface area contributed by atoms with Gasteiger partial charge in [0.05, 0.1) is 35.6 Å². The number of nitrogens with zero attached hydrogens (tertiary/aromatic N) is 2. The monoisotopic (exact) mass is 583 g/mol. The number of esters is 1. The van der Waals surface area contributed by atoms with Gasteiger partial charge in [-0.05, 0) is 55.8 Å². The van der Waals surface area contributed by atoms with Gasteiger partial charge >= 0.3 is 5.97 Å². The lowest BCUT2D eigenvalue weighted by Crippen LogP contribution is -2.40. The van der Waals surface area contributed by atoms with Crippen molar-refractivity contribution in [2.45, 2.75) is 19.9 Å². The van der Waals surface area contributed by atoms with Crippen LogP contribution in [0.25, 0.3) is 6.08 Å². The van der Waals surface area contributed by atoms with Gasteiger partial charge in [0.1, 0.15) is 11.5 Å². The molecule has 0 spiro atoms. The van der Waals surface area contributed by atoms with Gasteiger partial charge in [0.2, 0.25) is 0 Å². The van der Waals surface area contributed by atoms with Crippen LogP contribution in [-0.2, 0) is 14.3 Å². The smallest absolute Gasteiger partial charge is 0.344 e. The third-order valence-electron chi connectivity index (χ3n) is 6.56. The molecule has 0 aliphatic carbocycles. The van der Waals surface area contributed by atoms with E-state index >= 15 is 0 Å². The van der Waals surface area contributed by atoms with Gasteiger partial charge in [-0.15, -0.1) is 0 Å². The Bertz CT molecular complexity index is 1840. The molecule has 1 amide bonds. The molecule has 9 nitrogen and oxygen atoms in total. The van der Waals surface area contributed by atoms with Crippen molar-refractivity contribution in [1.29, 1.82) is 0 Å². The normalized spacial score (nSPS) is 14.5. The first-order valence-electron chi connectivity index (χ1n) is 13.3. The van der Waals surface area contributed by atoms with Crippen LogP contribution in [0.5, 0.6) is 11.5 Å². The average Bonchev–Trinajstić information content (AvgIpc) is 3.30. The molecule has 10 heteroatoms. The van der Waals surface area contributed by atoms with Crippen LogP contribution in [0.1, 0.15) is 31.0 Å². The van der Waals surface area contributed by atoms with Gasteiger partial charge in [-0.2, -0.15) is 0 Å². The zero-order chi connectivity index (χ0) is 29.6. The first-order chi connectivity index (χ1) is 20.4. The molecule has 0 fully saturated rings. The number of amides is 1. The molecule has 0 unspecified atom stereocenters. The topological polar surface area (TPSA) is 108 Å². The van der Waals surface area contributed by atoms with Gasteiger partial charge < -0.3 is 19.5 Å². The van der Waals surface area contributed by atoms with Crippen molar-refractivity contribution in [3.8, 4) is 11.5 Å². The number of hydrogen-bond acceptors (Lipinski definition) is 8. The molecule has 1 aliphatic rings. The van der Waals surface area contributed by atoms with E-state index in [2.05, 4.69) is 5.32 Å². The number of nitrogens with one attached hydrogen (secondary N) is 1. The van der Waals surface area contributed by atoms with Gasteiger partial charge in [-0.3, -0.25) is 14.2 Å². The number of methoxy groups -OCH3 is 1. The first-order valence-corrected chi connectivity index (χ1v) is 14.1. The van der Waals surface area contributed by atoms with Crippen molar-refractivity contribution in [2.75, 3.05) is 25.6 Å². The summed E-state index contributed by atoms with van der Waals surface area (Å²) >= 11 is 1.21. The second kappa shape index (κ2) is 12.7. The highest BCUT2D eigenvalue weighted by molar-refractivity contribution is 7.07. The Morgan fingerprint density at radius 2 is 1.81 bits per heavy atom. The van der Waals surface area contributed by atoms with Crippen molar-refractivity contribution < 1.29 is 23.8 Å². The van der Waals surface area contributed by atoms with E-state index in [9.17, 15) is 14.4 Å². The zero-order valence-electron chi connectivity index (χ0n) is 23.3. The van der Waals surface area contributed by atoms with E-state index in [-0.39, 0.29) is 24.7 Å². The van der Waals surface area contributed by atoms with Crippen LogP contribution in [0.4, 0.5) is 5.69 Å². The Hall–Kier alpha value is -4.96. The van der Waals surface area contributed by atoms with Gasteiger partial charge in [-0.1, -0.05) is 59.9 Å². The van der Waals surface area contributed by atoms with Crippen LogP contribution in [0, 0.1) is 0 Å². The second-order valence-electron chi connectivity index (χ2n) is 9.31. The predicted molar refractivity (Wildman–Crippen MR) is 160 cm³/mol. The molecule has 1 aromatic heterocycles. The fourth-order valence-corrected chi connectivity index (χ4v) is 5.71. The van der Waals surface area contributed by atoms with E-state index in [4.69, 9.17) is 19.2 Å². The van der Waals surface area contributed by atoms with Crippen LogP contribution in [0.3, 0.4) is 0 Å². The van der Waals surface area contributed by atoms with Gasteiger partial charge in [-0.25, -0.2) is 9.79 Å². The van der Waals surface area contributed by atoms with Crippen molar-refractivity contribution in [1.82, 2.24) is 4.57 Å². The van der Waals surface area contributed by atoms with Crippen LogP contribution in [-0.4, -0.2) is 36.8 Å². The fourth-order valence-electron chi connectivity index (χ4n) is 4.67. The van der Waals surface area contributed by atoms with Gasteiger partial charge in [0.25, 0.3) is 11.5 Å². The van der Waals surface area contributed by atoms with E-state index in [0.717, 1.165) is 0 Å². The number of carbonyl (C=O) groups excluding carboxylic acids is 2. The van der Waals surface area contributed by atoms with E-state index in [1.807, 2.05) is 42.5 Å². The molecule has 5 rings (SSSR count). The summed E-state index contributed by atoms with van der Waals surface area (Å²) in [6.45, 7) is 3.49. The number of thiazole rings is 1. The first kappa shape index (κ1) is 28.6. The van der Waals surface area contributed by atoms with Crippen LogP contribution < -0.4 is 29.7 Å². The number of carbonyl (C=O) groups is 2. The number of anilines is 1. The Balaban J connectivity index is 1.61. The van der Waals surface area contributed by atoms with Crippen LogP contribution in [0.15, 0.2) is 99.9 Å². The molecule has 42 heavy (non-hydrogen) atoms. The number of para-hydroxylation sites is 2. The molecule has 0 radical (unpaired) electrons. The van der Waals surface area contributed by atoms with Gasteiger partial charge in [0, 0.05) is 11.3 Å². The Morgan fingerprint density at radius 1 is 1.05 bits per heavy atom. The Morgan fingerprint density at radius 3 is 2.57 bits per heavy atom. The molecule has 0 saturated heterocycles. The van der Waals surface area contributed by atoms with Crippen LogP contribution >= 0.6 is 11.3 Å². The van der Waals surface area contributed by atoms with E-state index < -0.39 is 12.0 Å². The minimum atomic E-state index is -0.752. The lowest BCUT2D eigenvalue weighted by atomic mass is 9.95. The lowest BCUT2D eigenvalue weighted by molar-refractivity contribution is -0.145. The SMILES string of the molecule is CCOC(=O)COc1ccccc1/C=c1\sc2n(c1=O)[C@@H](c1cccc(OC)c1)C(C(=O)Nc1ccccc1)=C(C)N=2. The maximum atomic E-state index is 14.0. The Labute approximate surface area is 246 Å². The summed E-state index contributed by atoms with van der Waals surface area (Å²) in [6.07, 6.45) is 1.70. The standard InChI is InChI=1S/C32H29N3O6S/c1-4-40-27(36)19-41-25-16-9-8-11-21(25)18-26-31(38)35-29(22-12-10-15-24(17-22)39-3)28(20(2)33-32(35)42-26)30(37)34-23-13-6-5-7-14-23/h5-18,29H,4,19H2,1-3H3,(H,34,37)/b26-18-/t29-/m0/s1. The number of allylic oxidation sites excluding steroid dienone is 1. The highest BCUT2D eigenvalue weighted by Crippen LogP contribution is 2.32. The number of fused-ring (bicyclic) bond motifs is 1. The summed E-state index contributed by atoms with van der Waals surface area (Å²) in [5.41, 5.74) is 2.48. The molecule has 2 heterocycles. The molecule has 1 N–H and O–H groups in total. The summed E-state index contributed by atoms with van der Waals surface area (Å²) in [5, 5.41) is 2.94. The zero-order valence-corrected chi connectivity index (χ0v) is 24.1. The summed E-state index contributed by atoms with van der Waals surface area (Å²) in [4.78, 5) is 44.8. The highest BCUT2D eigenvalue weighted by atomic mass is 32.1. The molecule has 0 bridgehead atoms. The lowest BCUT2D eigenvalue weighted by Gasteiger charge is -2.25. The molecule has 1 atom stereocenters. The third kappa shape index (κ3) is 6.03. The minimum absolute atomic E-state index is 0.254. The summed E-state index contributed by atoms with van der Waals surface area (Å²) in [5.74, 6) is 0.184. The van der Waals surface area contributed by atoms with E-state index in [0.29, 0.717) is 48.9 Å². The number of ether oxygens (including phenoxy) is 3. The predicted octanol–water partition coefficient (Wildman–Crippen LogP) is 3.82. The van der Waals surface area contributed by atoms with Crippen molar-refractivity contribution in [3.63, 3.8) is 0 Å². The molecule has 3 aromatic carbocycles. The maximum Gasteiger partial charge on any atom is 0.344 e. The van der Waals surface area contributed by atoms with E-state index in [1.165, 1.54) is 11.3 Å². The molecular formula is C32H29N3O6S. The van der Waals surface area contributed by atoms with Crippen molar-refractivity contribution >= 4 is 35.0 Å². The van der Waals surface area contributed by atoms with Crippen LogP contribution in [0.2, 0.25) is 0 Å². The third-order valence-corrected chi connectivity index (χ3v) is 7.55. The number of benzene rings is 3. The number of rotatable bonds is 9. The summed E-state index contributed by atoms with van der Waals surface area (Å²) < 4.78 is 18.0. The summed E-state index contributed by atoms with van der Waals surface area (Å²) in [6, 6.07) is 22.8. The van der Waals surface area contributed by atoms with E-state index in [1.54, 1.807) is 68.0 Å². The maximum absolute atomic E-state index is 14.0. The second-order valence-corrected chi connectivity index (χ2v) is 10.3. The molecule has 0 saturated carbocycles. The molecule has 214 valence electrons. The number of aromatic nitrogens is 1. The van der Waals surface area contributed by atoms with Gasteiger partial charge in [0.15, 0.2) is 11.4 Å². The number of hydrogen-bond donors (Lipinski definition) is 1. The average molecular weight is 584 g/mol. The van der Waals surface area contributed by atoms with Crippen molar-refractivity contribution in [2.24, 2.45) is 4.99 Å². The fraction of sp³-hybridized carbons (Fsp3) is 0.188. The molecule has 4 aromatic rings. The Kier molecular flexibility index (Phi) is 8.63. The summed E-state index contributed by atoms with van der Waals surface area (Å²) in [7, 11) is 1.57. The quantitative estimate of drug-likeness (QED) is 0.300. The largest absolute Gasteiger partial charge is 0.497 e. The van der Waals surface area contributed by atoms with Crippen molar-refractivity contribution in [3.05, 3.63) is 121 Å².